The quantitative estimate of drug-likeness (QED) is 0.857. The highest BCUT2D eigenvalue weighted by molar-refractivity contribution is 5.79. The molecule has 1 aromatic heterocycles. The number of nitrogens with one attached hydrogen (secondary N) is 1. The van der Waals surface area contributed by atoms with Crippen molar-refractivity contribution >= 4 is 5.91 Å². The van der Waals surface area contributed by atoms with Gasteiger partial charge in [0, 0.05) is 57.6 Å². The van der Waals surface area contributed by atoms with Gasteiger partial charge in [-0.05, 0) is 50.7 Å². The Morgan fingerprint density at radius 1 is 1.33 bits per heavy atom. The minimum absolute atomic E-state index is 0.0747. The maximum Gasteiger partial charge on any atom is 0.223 e. The summed E-state index contributed by atoms with van der Waals surface area (Å²) in [6.45, 7) is 3.28. The van der Waals surface area contributed by atoms with Gasteiger partial charge in [-0.1, -0.05) is 6.07 Å². The molecule has 3 aliphatic rings. The first-order valence-electron chi connectivity index (χ1n) is 10.3. The van der Waals surface area contributed by atoms with Gasteiger partial charge in [0.15, 0.2) is 0 Å². The predicted molar refractivity (Wildman–Crippen MR) is 102 cm³/mol. The maximum absolute atomic E-state index is 12.7. The summed E-state index contributed by atoms with van der Waals surface area (Å²) in [5.74, 6) is 0.323. The van der Waals surface area contributed by atoms with Crippen LogP contribution < -0.4 is 5.32 Å². The van der Waals surface area contributed by atoms with Gasteiger partial charge in [0.2, 0.25) is 5.91 Å². The van der Waals surface area contributed by atoms with Crippen molar-refractivity contribution in [2.45, 2.75) is 62.8 Å². The summed E-state index contributed by atoms with van der Waals surface area (Å²) in [4.78, 5) is 19.7. The normalized spacial score (nSPS) is 32.2. The Morgan fingerprint density at radius 2 is 2.19 bits per heavy atom. The number of rotatable bonds is 5. The molecule has 0 aromatic carbocycles. The first kappa shape index (κ1) is 18.8. The van der Waals surface area contributed by atoms with Gasteiger partial charge in [-0.25, -0.2) is 0 Å². The molecule has 2 aliphatic heterocycles. The zero-order valence-electron chi connectivity index (χ0n) is 16.2. The number of fused-ring (bicyclic) bond motifs is 1. The number of carbonyl (C=O) groups is 1. The minimum atomic E-state index is -0.0747. The summed E-state index contributed by atoms with van der Waals surface area (Å²) < 4.78 is 11.4. The topological polar surface area (TPSA) is 63.7 Å². The van der Waals surface area contributed by atoms with E-state index in [0.29, 0.717) is 19.3 Å². The van der Waals surface area contributed by atoms with Crippen molar-refractivity contribution < 1.29 is 14.3 Å². The number of carbonyl (C=O) groups excluding carboxylic acids is 1. The van der Waals surface area contributed by atoms with Crippen LogP contribution in [0, 0.1) is 5.92 Å². The molecule has 1 N–H and O–H groups in total. The lowest BCUT2D eigenvalue weighted by molar-refractivity contribution is -0.130. The second kappa shape index (κ2) is 8.25. The number of pyridine rings is 1. The minimum Gasteiger partial charge on any atom is -0.381 e. The van der Waals surface area contributed by atoms with Crippen molar-refractivity contribution in [3.8, 4) is 0 Å². The average molecular weight is 373 g/mol. The number of amides is 1. The van der Waals surface area contributed by atoms with Gasteiger partial charge in [-0.15, -0.1) is 0 Å². The fourth-order valence-electron chi connectivity index (χ4n) is 5.09. The number of ether oxygens (including phenoxy) is 2. The Hall–Kier alpha value is -1.50. The number of hydrogen-bond acceptors (Lipinski definition) is 5. The van der Waals surface area contributed by atoms with E-state index >= 15 is 0 Å². The molecule has 1 aliphatic carbocycles. The second-order valence-electron chi connectivity index (χ2n) is 8.19. The average Bonchev–Trinajstić information content (AvgIpc) is 3.08. The zero-order valence-corrected chi connectivity index (χ0v) is 16.2. The number of aromatic nitrogens is 1. The molecular formula is C21H31N3O3. The lowest BCUT2D eigenvalue weighted by Gasteiger charge is -2.44. The van der Waals surface area contributed by atoms with Crippen molar-refractivity contribution in [2.75, 3.05) is 26.9 Å². The zero-order chi connectivity index (χ0) is 18.7. The third-order valence-corrected chi connectivity index (χ3v) is 6.73. The van der Waals surface area contributed by atoms with E-state index in [1.807, 2.05) is 25.4 Å². The monoisotopic (exact) mass is 373 g/mol. The summed E-state index contributed by atoms with van der Waals surface area (Å²) in [6.07, 6.45) is 7.55. The lowest BCUT2D eigenvalue weighted by Crippen LogP contribution is -2.55. The Labute approximate surface area is 161 Å². The van der Waals surface area contributed by atoms with E-state index in [1.165, 1.54) is 0 Å². The molecule has 148 valence electrons. The van der Waals surface area contributed by atoms with Crippen molar-refractivity contribution in [1.82, 2.24) is 15.2 Å². The van der Waals surface area contributed by atoms with Crippen LogP contribution in [0.5, 0.6) is 0 Å². The molecule has 1 amide bonds. The van der Waals surface area contributed by atoms with Crippen LogP contribution in [0.25, 0.3) is 0 Å². The molecule has 6 nitrogen and oxygen atoms in total. The van der Waals surface area contributed by atoms with Crippen LogP contribution >= 0.6 is 0 Å². The number of hydrogen-bond donors (Lipinski definition) is 1. The standard InChI is InChI=1S/C21H31N3O3/c1-26-21-8-5-17(23-20(25)16-6-12-27-13-7-16)14-19(21)24(11-9-21)15-18-4-2-3-10-22-18/h2-4,10,16-17,19H,5-9,11-15H2,1H3,(H,23,25)/t17-,19+,21-/m1/s1. The molecule has 27 heavy (non-hydrogen) atoms. The van der Waals surface area contributed by atoms with Crippen LogP contribution in [-0.4, -0.2) is 60.3 Å². The van der Waals surface area contributed by atoms with E-state index in [-0.39, 0.29) is 23.5 Å². The molecule has 0 spiro atoms. The number of likely N-dealkylation sites (tertiary alicyclic amines) is 1. The molecule has 3 fully saturated rings. The Morgan fingerprint density at radius 3 is 2.93 bits per heavy atom. The molecule has 0 radical (unpaired) electrons. The van der Waals surface area contributed by atoms with Crippen LogP contribution in [0.4, 0.5) is 0 Å². The van der Waals surface area contributed by atoms with Crippen molar-refractivity contribution in [3.63, 3.8) is 0 Å². The molecule has 0 bridgehead atoms. The van der Waals surface area contributed by atoms with Crippen LogP contribution in [-0.2, 0) is 20.8 Å². The highest BCUT2D eigenvalue weighted by Gasteiger charge is 2.51. The molecule has 0 unspecified atom stereocenters. The Balaban J connectivity index is 1.41. The summed E-state index contributed by atoms with van der Waals surface area (Å²) in [5, 5.41) is 3.33. The van der Waals surface area contributed by atoms with Crippen LogP contribution in [0.2, 0.25) is 0 Å². The summed E-state index contributed by atoms with van der Waals surface area (Å²) in [7, 11) is 1.85. The van der Waals surface area contributed by atoms with Crippen molar-refractivity contribution in [3.05, 3.63) is 30.1 Å². The van der Waals surface area contributed by atoms with Gasteiger partial charge in [0.1, 0.15) is 0 Å². The highest BCUT2D eigenvalue weighted by Crippen LogP contribution is 2.43. The molecule has 3 heterocycles. The van der Waals surface area contributed by atoms with Gasteiger partial charge < -0.3 is 14.8 Å². The van der Waals surface area contributed by atoms with E-state index in [2.05, 4.69) is 21.3 Å². The van der Waals surface area contributed by atoms with E-state index in [1.54, 1.807) is 0 Å². The summed E-state index contributed by atoms with van der Waals surface area (Å²) >= 11 is 0. The Kier molecular flexibility index (Phi) is 5.76. The largest absolute Gasteiger partial charge is 0.381 e. The maximum atomic E-state index is 12.7. The molecule has 3 atom stereocenters. The highest BCUT2D eigenvalue weighted by atomic mass is 16.5. The van der Waals surface area contributed by atoms with E-state index in [4.69, 9.17) is 9.47 Å². The van der Waals surface area contributed by atoms with Gasteiger partial charge in [0.25, 0.3) is 0 Å². The van der Waals surface area contributed by atoms with Crippen molar-refractivity contribution in [1.29, 1.82) is 0 Å². The molecule has 1 saturated carbocycles. The van der Waals surface area contributed by atoms with Crippen LogP contribution in [0.1, 0.15) is 44.2 Å². The van der Waals surface area contributed by atoms with Gasteiger partial charge in [-0.3, -0.25) is 14.7 Å². The fourth-order valence-corrected chi connectivity index (χ4v) is 5.09. The summed E-state index contributed by atoms with van der Waals surface area (Å²) in [5.41, 5.74) is 1.02. The molecular weight excluding hydrogens is 342 g/mol. The smallest absolute Gasteiger partial charge is 0.223 e. The fraction of sp³-hybridized carbons (Fsp3) is 0.714. The number of nitrogens with zero attached hydrogens (tertiary/aromatic N) is 2. The third-order valence-electron chi connectivity index (χ3n) is 6.73. The molecule has 1 aromatic rings. The third kappa shape index (κ3) is 4.03. The molecule has 4 rings (SSSR count). The SMILES string of the molecule is CO[C@@]12CC[C@@H](NC(=O)C3CCOCC3)C[C@@H]1N(Cc1ccccn1)CC2. The van der Waals surface area contributed by atoms with Crippen LogP contribution in [0.15, 0.2) is 24.4 Å². The Bertz CT molecular complexity index is 635. The molecule has 6 heteroatoms. The van der Waals surface area contributed by atoms with Gasteiger partial charge in [-0.2, -0.15) is 0 Å². The predicted octanol–water partition coefficient (Wildman–Crippen LogP) is 2.14. The van der Waals surface area contributed by atoms with E-state index in [0.717, 1.165) is 57.3 Å². The lowest BCUT2D eigenvalue weighted by atomic mass is 9.78. The first-order chi connectivity index (χ1) is 13.2. The van der Waals surface area contributed by atoms with Gasteiger partial charge in [0.05, 0.1) is 11.3 Å². The van der Waals surface area contributed by atoms with E-state index < -0.39 is 0 Å². The first-order valence-corrected chi connectivity index (χ1v) is 10.3. The molecule has 2 saturated heterocycles. The van der Waals surface area contributed by atoms with Crippen molar-refractivity contribution in [2.24, 2.45) is 5.92 Å². The summed E-state index contributed by atoms with van der Waals surface area (Å²) in [6, 6.07) is 6.64. The van der Waals surface area contributed by atoms with Gasteiger partial charge >= 0.3 is 0 Å². The number of methoxy groups -OCH3 is 1. The second-order valence-corrected chi connectivity index (χ2v) is 8.19. The van der Waals surface area contributed by atoms with E-state index in [9.17, 15) is 4.79 Å². The van der Waals surface area contributed by atoms with Crippen LogP contribution in [0.3, 0.4) is 0 Å².